The Balaban J connectivity index is 3.59. The molecule has 0 saturated heterocycles. The maximum absolute atomic E-state index is 13.0. The Kier molecular flexibility index (Phi) is 3.83. The highest BCUT2D eigenvalue weighted by atomic mass is 19.4. The molecule has 19 heavy (non-hydrogen) atoms. The number of halogens is 6. The molecule has 8 heteroatoms. The van der Waals surface area contributed by atoms with Crippen molar-refractivity contribution in [3.63, 3.8) is 0 Å². The van der Waals surface area contributed by atoms with Gasteiger partial charge in [-0.1, -0.05) is 30.3 Å². The van der Waals surface area contributed by atoms with Gasteiger partial charge in [0.15, 0.2) is 0 Å². The molecule has 0 fully saturated rings. The summed E-state index contributed by atoms with van der Waals surface area (Å²) in [6.45, 7) is 0.592. The minimum atomic E-state index is -5.72. The quantitative estimate of drug-likeness (QED) is 0.831. The van der Waals surface area contributed by atoms with Crippen molar-refractivity contribution in [3.8, 4) is 0 Å². The first-order valence-corrected chi connectivity index (χ1v) is 5.00. The highest BCUT2D eigenvalue weighted by molar-refractivity contribution is 5.74. The number of carbonyl (C=O) groups excluding carboxylic acids is 1. The summed E-state index contributed by atoms with van der Waals surface area (Å²) in [5.74, 6) is -1.43. The molecule has 0 aliphatic carbocycles. The SMILES string of the molecule is CC(=O)NC(c1ccccc1)(C(F)(F)F)C(F)(F)F. The third-order valence-corrected chi connectivity index (χ3v) is 2.42. The van der Waals surface area contributed by atoms with Gasteiger partial charge in [0.1, 0.15) is 0 Å². The van der Waals surface area contributed by atoms with Crippen molar-refractivity contribution in [3.05, 3.63) is 35.9 Å². The van der Waals surface area contributed by atoms with Crippen LogP contribution in [0.4, 0.5) is 26.3 Å². The van der Waals surface area contributed by atoms with Crippen molar-refractivity contribution >= 4 is 5.91 Å². The van der Waals surface area contributed by atoms with Crippen molar-refractivity contribution in [1.82, 2.24) is 5.32 Å². The van der Waals surface area contributed by atoms with Crippen molar-refractivity contribution < 1.29 is 31.1 Å². The number of hydrogen-bond donors (Lipinski definition) is 1. The third-order valence-electron chi connectivity index (χ3n) is 2.42. The molecule has 1 amide bonds. The molecule has 0 saturated carbocycles. The van der Waals surface area contributed by atoms with E-state index in [4.69, 9.17) is 0 Å². The molecule has 0 radical (unpaired) electrons. The van der Waals surface area contributed by atoms with Crippen molar-refractivity contribution in [2.45, 2.75) is 24.8 Å². The van der Waals surface area contributed by atoms with E-state index in [9.17, 15) is 31.1 Å². The Morgan fingerprint density at radius 3 is 1.68 bits per heavy atom. The summed E-state index contributed by atoms with van der Waals surface area (Å²) in [7, 11) is 0. The van der Waals surface area contributed by atoms with Gasteiger partial charge in [0.25, 0.3) is 5.54 Å². The second-order valence-electron chi connectivity index (χ2n) is 3.79. The Morgan fingerprint density at radius 2 is 1.37 bits per heavy atom. The summed E-state index contributed by atoms with van der Waals surface area (Å²) in [5, 5.41) is 1.00. The lowest BCUT2D eigenvalue weighted by atomic mass is 9.88. The van der Waals surface area contributed by atoms with Crippen LogP contribution in [0.2, 0.25) is 0 Å². The molecule has 0 atom stereocenters. The van der Waals surface area contributed by atoms with Crippen LogP contribution < -0.4 is 5.32 Å². The Labute approximate surface area is 104 Å². The summed E-state index contributed by atoms with van der Waals surface area (Å²) in [6, 6.07) is 4.66. The molecule has 106 valence electrons. The highest BCUT2D eigenvalue weighted by Gasteiger charge is 2.72. The summed E-state index contributed by atoms with van der Waals surface area (Å²) in [4.78, 5) is 10.8. The number of alkyl halides is 6. The van der Waals surface area contributed by atoms with E-state index in [0.717, 1.165) is 17.4 Å². The molecule has 0 heterocycles. The lowest BCUT2D eigenvalue weighted by Gasteiger charge is -2.37. The molecule has 1 aromatic carbocycles. The first-order chi connectivity index (χ1) is 8.52. The van der Waals surface area contributed by atoms with Gasteiger partial charge in [-0.3, -0.25) is 4.79 Å². The van der Waals surface area contributed by atoms with E-state index in [1.165, 1.54) is 6.07 Å². The molecule has 1 aromatic rings. The summed E-state index contributed by atoms with van der Waals surface area (Å²) in [6.07, 6.45) is -11.4. The Bertz CT molecular complexity index is 436. The molecule has 2 nitrogen and oxygen atoms in total. The van der Waals surface area contributed by atoms with Gasteiger partial charge in [0.05, 0.1) is 0 Å². The van der Waals surface area contributed by atoms with E-state index < -0.39 is 29.4 Å². The van der Waals surface area contributed by atoms with Gasteiger partial charge < -0.3 is 5.32 Å². The number of hydrogen-bond acceptors (Lipinski definition) is 1. The van der Waals surface area contributed by atoms with Crippen molar-refractivity contribution in [2.75, 3.05) is 0 Å². The van der Waals surface area contributed by atoms with Crippen LogP contribution in [-0.4, -0.2) is 18.3 Å². The van der Waals surface area contributed by atoms with Gasteiger partial charge >= 0.3 is 12.4 Å². The average Bonchev–Trinajstić information content (AvgIpc) is 2.23. The van der Waals surface area contributed by atoms with Crippen LogP contribution in [0.3, 0.4) is 0 Å². The molecule has 1 rings (SSSR count). The zero-order valence-electron chi connectivity index (χ0n) is 9.56. The van der Waals surface area contributed by atoms with Gasteiger partial charge in [-0.2, -0.15) is 26.3 Å². The predicted octanol–water partition coefficient (Wildman–Crippen LogP) is 3.14. The smallest absolute Gasteiger partial charge is 0.331 e. The molecule has 0 aliphatic rings. The zero-order valence-corrected chi connectivity index (χ0v) is 9.56. The van der Waals surface area contributed by atoms with Crippen LogP contribution in [0.15, 0.2) is 30.3 Å². The van der Waals surface area contributed by atoms with E-state index >= 15 is 0 Å². The molecule has 0 spiro atoms. The molecule has 1 N–H and O–H groups in total. The monoisotopic (exact) mass is 285 g/mol. The number of benzene rings is 1. The molecule has 0 aromatic heterocycles. The van der Waals surface area contributed by atoms with Crippen LogP contribution in [0.1, 0.15) is 12.5 Å². The number of rotatable bonds is 2. The highest BCUT2D eigenvalue weighted by Crippen LogP contribution is 2.49. The normalized spacial score (nSPS) is 13.2. The summed E-state index contributed by atoms with van der Waals surface area (Å²) < 4.78 is 77.9. The minimum Gasteiger partial charge on any atom is -0.331 e. The summed E-state index contributed by atoms with van der Waals surface area (Å²) >= 11 is 0. The number of carbonyl (C=O) groups is 1. The zero-order chi connectivity index (χ0) is 14.9. The fourth-order valence-corrected chi connectivity index (χ4v) is 1.65. The molecule has 0 aliphatic heterocycles. The predicted molar refractivity (Wildman–Crippen MR) is 54.0 cm³/mol. The Hall–Kier alpha value is -1.73. The minimum absolute atomic E-state index is 0.592. The molecule has 0 unspecified atom stereocenters. The standard InChI is InChI=1S/C11H9F6NO/c1-7(19)18-9(10(12,13)14,11(15,16)17)8-5-3-2-4-6-8/h2-6H,1H3,(H,18,19). The Morgan fingerprint density at radius 1 is 0.947 bits per heavy atom. The van der Waals surface area contributed by atoms with E-state index in [1.807, 2.05) is 0 Å². The number of nitrogens with one attached hydrogen (secondary N) is 1. The van der Waals surface area contributed by atoms with Crippen LogP contribution in [0.25, 0.3) is 0 Å². The maximum atomic E-state index is 13.0. The number of amides is 1. The van der Waals surface area contributed by atoms with Gasteiger partial charge in [0.2, 0.25) is 5.91 Å². The van der Waals surface area contributed by atoms with Gasteiger partial charge in [-0.15, -0.1) is 0 Å². The second kappa shape index (κ2) is 4.75. The molecular weight excluding hydrogens is 276 g/mol. The van der Waals surface area contributed by atoms with Gasteiger partial charge in [-0.05, 0) is 5.56 Å². The van der Waals surface area contributed by atoms with E-state index in [-0.39, 0.29) is 0 Å². The first kappa shape index (κ1) is 15.3. The molecular formula is C11H9F6NO. The van der Waals surface area contributed by atoms with Crippen molar-refractivity contribution in [2.24, 2.45) is 0 Å². The maximum Gasteiger partial charge on any atom is 0.424 e. The van der Waals surface area contributed by atoms with Crippen LogP contribution in [0, 0.1) is 0 Å². The first-order valence-electron chi connectivity index (χ1n) is 5.00. The summed E-state index contributed by atoms with van der Waals surface area (Å²) in [5.41, 5.74) is -5.50. The van der Waals surface area contributed by atoms with Crippen LogP contribution in [-0.2, 0) is 10.3 Å². The fraction of sp³-hybridized carbons (Fsp3) is 0.364. The van der Waals surface area contributed by atoms with E-state index in [2.05, 4.69) is 0 Å². The van der Waals surface area contributed by atoms with Crippen LogP contribution >= 0.6 is 0 Å². The topological polar surface area (TPSA) is 29.1 Å². The van der Waals surface area contributed by atoms with Gasteiger partial charge in [-0.25, -0.2) is 0 Å². The van der Waals surface area contributed by atoms with E-state index in [1.54, 1.807) is 0 Å². The molecule has 0 bridgehead atoms. The average molecular weight is 285 g/mol. The second-order valence-corrected chi connectivity index (χ2v) is 3.79. The lowest BCUT2D eigenvalue weighted by molar-refractivity contribution is -0.311. The third kappa shape index (κ3) is 2.66. The lowest BCUT2D eigenvalue weighted by Crippen LogP contribution is -2.64. The fourth-order valence-electron chi connectivity index (χ4n) is 1.65. The van der Waals surface area contributed by atoms with Crippen LogP contribution in [0.5, 0.6) is 0 Å². The van der Waals surface area contributed by atoms with Gasteiger partial charge in [0, 0.05) is 6.92 Å². The largest absolute Gasteiger partial charge is 0.424 e. The van der Waals surface area contributed by atoms with E-state index in [0.29, 0.717) is 19.1 Å². The van der Waals surface area contributed by atoms with Crippen molar-refractivity contribution in [1.29, 1.82) is 0 Å².